The molecular formula is C16H24N2O2. The number of hydrogen-bond donors (Lipinski definition) is 2. The third-order valence-corrected chi connectivity index (χ3v) is 4.15. The summed E-state index contributed by atoms with van der Waals surface area (Å²) in [6.45, 7) is 2.85. The second-order valence-electron chi connectivity index (χ2n) is 5.61. The van der Waals surface area contributed by atoms with Gasteiger partial charge < -0.3 is 15.8 Å². The normalized spacial score (nSPS) is 15.3. The second kappa shape index (κ2) is 6.64. The minimum atomic E-state index is -0.384. The fourth-order valence-electron chi connectivity index (χ4n) is 2.90. The third-order valence-electron chi connectivity index (χ3n) is 4.15. The monoisotopic (exact) mass is 276 g/mol. The van der Waals surface area contributed by atoms with Crippen molar-refractivity contribution < 1.29 is 9.53 Å². The van der Waals surface area contributed by atoms with E-state index in [4.69, 9.17) is 10.5 Å². The molecule has 1 saturated carbocycles. The topological polar surface area (TPSA) is 64.3 Å². The van der Waals surface area contributed by atoms with Gasteiger partial charge in [0, 0.05) is 17.9 Å². The molecule has 0 spiro atoms. The number of hydrogen-bond acceptors (Lipinski definition) is 4. The van der Waals surface area contributed by atoms with Crippen molar-refractivity contribution in [3.05, 3.63) is 23.3 Å². The smallest absolute Gasteiger partial charge is 0.340 e. The summed E-state index contributed by atoms with van der Waals surface area (Å²) in [7, 11) is 1.37. The van der Waals surface area contributed by atoms with Gasteiger partial charge in [-0.1, -0.05) is 25.7 Å². The van der Waals surface area contributed by atoms with Crippen LogP contribution in [0.4, 0.5) is 11.4 Å². The Kier molecular flexibility index (Phi) is 4.88. The molecule has 4 heteroatoms. The van der Waals surface area contributed by atoms with Crippen molar-refractivity contribution in [2.45, 2.75) is 39.0 Å². The Morgan fingerprint density at radius 2 is 2.10 bits per heavy atom. The van der Waals surface area contributed by atoms with Crippen molar-refractivity contribution in [3.63, 3.8) is 0 Å². The first-order valence-electron chi connectivity index (χ1n) is 7.34. The number of carbonyl (C=O) groups is 1. The largest absolute Gasteiger partial charge is 0.465 e. The quantitative estimate of drug-likeness (QED) is 0.639. The number of methoxy groups -OCH3 is 1. The van der Waals surface area contributed by atoms with Gasteiger partial charge >= 0.3 is 5.97 Å². The van der Waals surface area contributed by atoms with Crippen LogP contribution in [0.5, 0.6) is 0 Å². The molecule has 20 heavy (non-hydrogen) atoms. The fraction of sp³-hybridized carbons (Fsp3) is 0.562. The first-order valence-corrected chi connectivity index (χ1v) is 7.34. The van der Waals surface area contributed by atoms with E-state index < -0.39 is 0 Å². The van der Waals surface area contributed by atoms with Crippen molar-refractivity contribution >= 4 is 17.3 Å². The van der Waals surface area contributed by atoms with Crippen LogP contribution in [-0.4, -0.2) is 19.6 Å². The molecule has 0 saturated heterocycles. The number of nitrogen functional groups attached to an aromatic ring is 1. The van der Waals surface area contributed by atoms with Crippen LogP contribution in [0.2, 0.25) is 0 Å². The first kappa shape index (κ1) is 14.7. The molecule has 0 aromatic heterocycles. The first-order chi connectivity index (χ1) is 9.61. The maximum atomic E-state index is 11.7. The highest BCUT2D eigenvalue weighted by Crippen LogP contribution is 2.28. The summed E-state index contributed by atoms with van der Waals surface area (Å²) in [6, 6.07) is 3.76. The number of benzene rings is 1. The van der Waals surface area contributed by atoms with Crippen molar-refractivity contribution in [1.29, 1.82) is 0 Å². The van der Waals surface area contributed by atoms with Crippen molar-refractivity contribution in [2.75, 3.05) is 24.7 Å². The van der Waals surface area contributed by atoms with E-state index in [1.54, 1.807) is 6.07 Å². The molecule has 3 N–H and O–H groups in total. The van der Waals surface area contributed by atoms with Crippen LogP contribution >= 0.6 is 0 Å². The number of ether oxygens (including phenoxy) is 1. The number of rotatable bonds is 5. The third kappa shape index (κ3) is 3.44. The lowest BCUT2D eigenvalue weighted by Gasteiger charge is -2.14. The van der Waals surface area contributed by atoms with Crippen LogP contribution in [0.15, 0.2) is 12.1 Å². The van der Waals surface area contributed by atoms with Gasteiger partial charge in [-0.15, -0.1) is 0 Å². The van der Waals surface area contributed by atoms with Crippen LogP contribution in [0, 0.1) is 12.8 Å². The van der Waals surface area contributed by atoms with Crippen LogP contribution in [-0.2, 0) is 4.74 Å². The van der Waals surface area contributed by atoms with Crippen molar-refractivity contribution in [1.82, 2.24) is 0 Å². The van der Waals surface area contributed by atoms with Crippen molar-refractivity contribution in [2.24, 2.45) is 5.92 Å². The molecule has 4 nitrogen and oxygen atoms in total. The molecule has 0 amide bonds. The van der Waals surface area contributed by atoms with E-state index in [1.807, 2.05) is 13.0 Å². The number of nitrogens with two attached hydrogens (primary N) is 1. The minimum Gasteiger partial charge on any atom is -0.465 e. The van der Waals surface area contributed by atoms with Gasteiger partial charge in [0.25, 0.3) is 0 Å². The van der Waals surface area contributed by atoms with Crippen LogP contribution in [0.3, 0.4) is 0 Å². The molecule has 0 radical (unpaired) electrons. The number of carbonyl (C=O) groups excluding carboxylic acids is 1. The lowest BCUT2D eigenvalue weighted by molar-refractivity contribution is 0.0602. The standard InChI is InChI=1S/C16H24N2O2/c1-11-9-13(10-14(15(11)17)16(19)20-2)18-8-7-12-5-3-4-6-12/h9-10,12,18H,3-8,17H2,1-2H3. The zero-order chi connectivity index (χ0) is 14.5. The Labute approximate surface area is 120 Å². The zero-order valence-corrected chi connectivity index (χ0v) is 12.4. The molecule has 0 bridgehead atoms. The number of aryl methyl sites for hydroxylation is 1. The summed E-state index contributed by atoms with van der Waals surface area (Å²) in [5, 5.41) is 3.40. The van der Waals surface area contributed by atoms with E-state index >= 15 is 0 Å². The Balaban J connectivity index is 2.00. The summed E-state index contributed by atoms with van der Waals surface area (Å²) in [4.78, 5) is 11.7. The lowest BCUT2D eigenvalue weighted by Crippen LogP contribution is -2.11. The lowest BCUT2D eigenvalue weighted by atomic mass is 10.0. The molecule has 0 aliphatic heterocycles. The van der Waals surface area contributed by atoms with Crippen LogP contribution < -0.4 is 11.1 Å². The summed E-state index contributed by atoms with van der Waals surface area (Å²) in [5.41, 5.74) is 8.71. The van der Waals surface area contributed by atoms with E-state index in [1.165, 1.54) is 39.2 Å². The van der Waals surface area contributed by atoms with E-state index in [9.17, 15) is 4.79 Å². The van der Waals surface area contributed by atoms with Gasteiger partial charge in [-0.2, -0.15) is 0 Å². The molecule has 1 aromatic rings. The maximum absolute atomic E-state index is 11.7. The summed E-state index contributed by atoms with van der Waals surface area (Å²) >= 11 is 0. The molecule has 1 aromatic carbocycles. The summed E-state index contributed by atoms with van der Waals surface area (Å²) in [5.74, 6) is 0.475. The molecule has 0 unspecified atom stereocenters. The Hall–Kier alpha value is -1.71. The summed E-state index contributed by atoms with van der Waals surface area (Å²) < 4.78 is 4.77. The Bertz CT molecular complexity index is 480. The van der Waals surface area contributed by atoms with Gasteiger partial charge in [0.2, 0.25) is 0 Å². The number of nitrogens with one attached hydrogen (secondary N) is 1. The minimum absolute atomic E-state index is 0.384. The van der Waals surface area contributed by atoms with E-state index in [2.05, 4.69) is 5.32 Å². The molecule has 1 fully saturated rings. The average molecular weight is 276 g/mol. The highest BCUT2D eigenvalue weighted by molar-refractivity contribution is 5.97. The molecule has 0 atom stereocenters. The highest BCUT2D eigenvalue weighted by Gasteiger charge is 2.15. The number of esters is 1. The predicted octanol–water partition coefficient (Wildman–Crippen LogP) is 3.36. The van der Waals surface area contributed by atoms with Crippen LogP contribution in [0.25, 0.3) is 0 Å². The van der Waals surface area contributed by atoms with Crippen molar-refractivity contribution in [3.8, 4) is 0 Å². The molecule has 2 rings (SSSR count). The Morgan fingerprint density at radius 1 is 1.40 bits per heavy atom. The zero-order valence-electron chi connectivity index (χ0n) is 12.4. The Morgan fingerprint density at radius 3 is 2.75 bits per heavy atom. The predicted molar refractivity (Wildman–Crippen MR) is 82.0 cm³/mol. The highest BCUT2D eigenvalue weighted by atomic mass is 16.5. The van der Waals surface area contributed by atoms with Gasteiger partial charge in [-0.3, -0.25) is 0 Å². The number of anilines is 2. The fourth-order valence-corrected chi connectivity index (χ4v) is 2.90. The van der Waals surface area contributed by atoms with Gasteiger partial charge in [0.1, 0.15) is 0 Å². The van der Waals surface area contributed by atoms with Gasteiger partial charge in [0.05, 0.1) is 12.7 Å². The molecule has 1 aliphatic carbocycles. The van der Waals surface area contributed by atoms with Gasteiger partial charge in [-0.05, 0) is 37.0 Å². The summed E-state index contributed by atoms with van der Waals surface area (Å²) in [6.07, 6.45) is 6.65. The maximum Gasteiger partial charge on any atom is 0.340 e. The molecule has 1 aliphatic rings. The molecule has 0 heterocycles. The van der Waals surface area contributed by atoms with Crippen LogP contribution in [0.1, 0.15) is 48.0 Å². The molecular weight excluding hydrogens is 252 g/mol. The van der Waals surface area contributed by atoms with Gasteiger partial charge in [0.15, 0.2) is 0 Å². The second-order valence-corrected chi connectivity index (χ2v) is 5.61. The van der Waals surface area contributed by atoms with E-state index in [0.717, 1.165) is 23.7 Å². The van der Waals surface area contributed by atoms with E-state index in [-0.39, 0.29) is 5.97 Å². The average Bonchev–Trinajstić information content (AvgIpc) is 2.95. The van der Waals surface area contributed by atoms with E-state index in [0.29, 0.717) is 11.3 Å². The van der Waals surface area contributed by atoms with Gasteiger partial charge in [-0.25, -0.2) is 4.79 Å². The molecule has 110 valence electrons. The SMILES string of the molecule is COC(=O)c1cc(NCCC2CCCC2)cc(C)c1N.